The Morgan fingerprint density at radius 2 is 2.00 bits per heavy atom. The van der Waals surface area contributed by atoms with Crippen molar-refractivity contribution < 1.29 is 23.1 Å². The van der Waals surface area contributed by atoms with Crippen LogP contribution in [0.4, 0.5) is 13.2 Å². The topological polar surface area (TPSA) is 37.3 Å². The van der Waals surface area contributed by atoms with Crippen LogP contribution in [-0.4, -0.2) is 16.8 Å². The van der Waals surface area contributed by atoms with E-state index in [4.69, 9.17) is 11.6 Å². The van der Waals surface area contributed by atoms with Crippen molar-refractivity contribution in [1.29, 1.82) is 0 Å². The van der Waals surface area contributed by atoms with E-state index in [1.165, 1.54) is 0 Å². The number of phenolic OH excluding ortho intramolecular Hbond substituents is 1. The molecule has 2 nitrogen and oxygen atoms in total. The number of carbonyl (C=O) groups excluding carboxylic acids is 1. The lowest BCUT2D eigenvalue weighted by molar-refractivity contribution is -0.139. The molecule has 0 aromatic heterocycles. The van der Waals surface area contributed by atoms with E-state index in [1.54, 1.807) is 0 Å². The molecule has 1 aromatic carbocycles. The van der Waals surface area contributed by atoms with Gasteiger partial charge in [-0.15, -0.1) is 11.6 Å². The van der Waals surface area contributed by atoms with E-state index in [0.29, 0.717) is 0 Å². The summed E-state index contributed by atoms with van der Waals surface area (Å²) in [4.78, 5) is 11.2. The molecule has 0 aliphatic rings. The van der Waals surface area contributed by atoms with Crippen LogP contribution in [0.2, 0.25) is 0 Å². The highest BCUT2D eigenvalue weighted by Gasteiger charge is 2.37. The fourth-order valence-electron chi connectivity index (χ4n) is 1.13. The molecule has 0 amide bonds. The monoisotopic (exact) mass is 316 g/mol. The van der Waals surface area contributed by atoms with Crippen LogP contribution >= 0.6 is 27.5 Å². The molecule has 88 valence electrons. The van der Waals surface area contributed by atoms with Gasteiger partial charge in [0.1, 0.15) is 11.3 Å². The summed E-state index contributed by atoms with van der Waals surface area (Å²) in [5, 5.41) is 9.38. The highest BCUT2D eigenvalue weighted by atomic mass is 79.9. The minimum atomic E-state index is -4.74. The predicted molar refractivity (Wildman–Crippen MR) is 55.9 cm³/mol. The Labute approximate surface area is 102 Å². The minimum absolute atomic E-state index is 0.330. The van der Waals surface area contributed by atoms with Gasteiger partial charge in [-0.1, -0.05) is 15.9 Å². The van der Waals surface area contributed by atoms with Gasteiger partial charge in [0, 0.05) is 4.47 Å². The number of ketones is 1. The summed E-state index contributed by atoms with van der Waals surface area (Å²) in [6, 6.07) is 2.13. The molecule has 1 rings (SSSR count). The van der Waals surface area contributed by atoms with E-state index in [0.717, 1.165) is 12.1 Å². The maximum absolute atomic E-state index is 12.5. The second-order valence-electron chi connectivity index (χ2n) is 2.87. The number of phenols is 1. The van der Waals surface area contributed by atoms with E-state index in [-0.39, 0.29) is 4.47 Å². The van der Waals surface area contributed by atoms with E-state index in [2.05, 4.69) is 15.9 Å². The van der Waals surface area contributed by atoms with E-state index < -0.39 is 34.7 Å². The Balaban J connectivity index is 3.45. The lowest BCUT2D eigenvalue weighted by Gasteiger charge is -2.13. The van der Waals surface area contributed by atoms with Crippen LogP contribution in [0.15, 0.2) is 16.6 Å². The quantitative estimate of drug-likeness (QED) is 0.668. The van der Waals surface area contributed by atoms with Gasteiger partial charge in [-0.05, 0) is 12.1 Å². The molecule has 0 aliphatic carbocycles. The molecular formula is C9H5BrClF3O2. The van der Waals surface area contributed by atoms with Crippen LogP contribution in [0, 0.1) is 0 Å². The number of halogens is 5. The summed E-state index contributed by atoms with van der Waals surface area (Å²) in [5.74, 6) is -2.36. The normalized spacial score (nSPS) is 11.6. The van der Waals surface area contributed by atoms with Gasteiger partial charge in [-0.25, -0.2) is 0 Å². The first kappa shape index (κ1) is 13.3. The van der Waals surface area contributed by atoms with Crippen molar-refractivity contribution in [3.8, 4) is 5.75 Å². The molecule has 0 heterocycles. The van der Waals surface area contributed by atoms with E-state index >= 15 is 0 Å². The standard InChI is InChI=1S/C9H5BrClF3O2/c10-5-2-1-4(6(15)3-11)8(16)7(5)9(12,13)14/h1-2,16H,3H2. The first-order valence-electron chi connectivity index (χ1n) is 3.97. The maximum atomic E-state index is 12.5. The Morgan fingerprint density at radius 1 is 1.44 bits per heavy atom. The zero-order chi connectivity index (χ0) is 12.5. The Hall–Kier alpha value is -0.750. The molecule has 0 spiro atoms. The third-order valence-corrected chi connectivity index (χ3v) is 2.74. The summed E-state index contributed by atoms with van der Waals surface area (Å²) in [7, 11) is 0. The van der Waals surface area contributed by atoms with Crippen molar-refractivity contribution in [2.45, 2.75) is 6.18 Å². The summed E-state index contributed by atoms with van der Waals surface area (Å²) in [6.45, 7) is 0. The number of hydrogen-bond donors (Lipinski definition) is 1. The summed E-state index contributed by atoms with van der Waals surface area (Å²) >= 11 is 7.88. The second-order valence-corrected chi connectivity index (χ2v) is 3.99. The third kappa shape index (κ3) is 2.49. The average molecular weight is 317 g/mol. The fourth-order valence-corrected chi connectivity index (χ4v) is 1.82. The highest BCUT2D eigenvalue weighted by molar-refractivity contribution is 9.10. The minimum Gasteiger partial charge on any atom is -0.507 e. The van der Waals surface area contributed by atoms with Gasteiger partial charge in [0.25, 0.3) is 0 Å². The zero-order valence-corrected chi connectivity index (χ0v) is 9.95. The van der Waals surface area contributed by atoms with Gasteiger partial charge in [-0.3, -0.25) is 4.79 Å². The lowest BCUT2D eigenvalue weighted by atomic mass is 10.1. The smallest absolute Gasteiger partial charge is 0.421 e. The zero-order valence-electron chi connectivity index (χ0n) is 7.61. The van der Waals surface area contributed by atoms with Gasteiger partial charge in [0.2, 0.25) is 0 Å². The van der Waals surface area contributed by atoms with Crippen LogP contribution in [0.1, 0.15) is 15.9 Å². The number of benzene rings is 1. The molecular weight excluding hydrogens is 312 g/mol. The molecule has 0 atom stereocenters. The number of alkyl halides is 4. The average Bonchev–Trinajstić information content (AvgIpc) is 2.14. The summed E-state index contributed by atoms with van der Waals surface area (Å²) < 4.78 is 37.2. The van der Waals surface area contributed by atoms with E-state index in [9.17, 15) is 23.1 Å². The Kier molecular flexibility index (Phi) is 3.85. The summed E-state index contributed by atoms with van der Waals surface area (Å²) in [5.41, 5.74) is -1.71. The van der Waals surface area contributed by atoms with Gasteiger partial charge >= 0.3 is 6.18 Å². The third-order valence-electron chi connectivity index (χ3n) is 1.83. The molecule has 0 radical (unpaired) electrons. The molecule has 1 aromatic rings. The molecule has 0 saturated carbocycles. The van der Waals surface area contributed by atoms with Crippen molar-refractivity contribution in [2.75, 3.05) is 5.88 Å². The van der Waals surface area contributed by atoms with Crippen LogP contribution in [0.3, 0.4) is 0 Å². The second kappa shape index (κ2) is 4.63. The molecule has 1 N–H and O–H groups in total. The van der Waals surface area contributed by atoms with Gasteiger partial charge in [0.05, 0.1) is 11.4 Å². The number of Topliss-reactive ketones (excluding diaryl/α,β-unsaturated/α-hetero) is 1. The first-order chi connectivity index (χ1) is 7.29. The molecule has 0 aliphatic heterocycles. The van der Waals surface area contributed by atoms with Gasteiger partial charge in [-0.2, -0.15) is 13.2 Å². The fraction of sp³-hybridized carbons (Fsp3) is 0.222. The van der Waals surface area contributed by atoms with Crippen LogP contribution in [0.5, 0.6) is 5.75 Å². The number of aromatic hydroxyl groups is 1. The SMILES string of the molecule is O=C(CCl)c1ccc(Br)c(C(F)(F)F)c1O. The van der Waals surface area contributed by atoms with Crippen molar-refractivity contribution >= 4 is 33.3 Å². The number of carbonyl (C=O) groups is 1. The largest absolute Gasteiger partial charge is 0.507 e. The predicted octanol–water partition coefficient (Wildman–Crippen LogP) is 3.60. The van der Waals surface area contributed by atoms with Gasteiger partial charge < -0.3 is 5.11 Å². The Morgan fingerprint density at radius 3 is 2.44 bits per heavy atom. The molecule has 0 saturated heterocycles. The molecule has 7 heteroatoms. The van der Waals surface area contributed by atoms with Crippen molar-refractivity contribution in [1.82, 2.24) is 0 Å². The molecule has 0 fully saturated rings. The number of rotatable bonds is 2. The van der Waals surface area contributed by atoms with Crippen molar-refractivity contribution in [3.05, 3.63) is 27.7 Å². The maximum Gasteiger partial charge on any atom is 0.421 e. The van der Waals surface area contributed by atoms with Crippen LogP contribution in [0.25, 0.3) is 0 Å². The van der Waals surface area contributed by atoms with Crippen LogP contribution in [-0.2, 0) is 6.18 Å². The first-order valence-corrected chi connectivity index (χ1v) is 5.29. The molecule has 0 unspecified atom stereocenters. The lowest BCUT2D eigenvalue weighted by Crippen LogP contribution is -2.10. The highest BCUT2D eigenvalue weighted by Crippen LogP contribution is 2.42. The summed E-state index contributed by atoms with van der Waals surface area (Å²) in [6.07, 6.45) is -4.74. The van der Waals surface area contributed by atoms with E-state index in [1.807, 2.05) is 0 Å². The van der Waals surface area contributed by atoms with Crippen molar-refractivity contribution in [2.24, 2.45) is 0 Å². The van der Waals surface area contributed by atoms with Crippen molar-refractivity contribution in [3.63, 3.8) is 0 Å². The molecule has 16 heavy (non-hydrogen) atoms. The molecule has 0 bridgehead atoms. The Bertz CT molecular complexity index is 431. The van der Waals surface area contributed by atoms with Gasteiger partial charge in [0.15, 0.2) is 5.78 Å². The van der Waals surface area contributed by atoms with Crippen LogP contribution < -0.4 is 0 Å². The number of hydrogen-bond acceptors (Lipinski definition) is 2.